The van der Waals surface area contributed by atoms with Gasteiger partial charge in [-0.3, -0.25) is 10.1 Å². The van der Waals surface area contributed by atoms with Gasteiger partial charge in [0.05, 0.1) is 0 Å². The molecule has 1 spiro atoms. The van der Waals surface area contributed by atoms with E-state index in [1.807, 2.05) is 0 Å². The van der Waals surface area contributed by atoms with Gasteiger partial charge in [0.2, 0.25) is 5.60 Å². The highest BCUT2D eigenvalue weighted by atomic mass is 16.6. The minimum absolute atomic E-state index is 0.312. The van der Waals surface area contributed by atoms with Gasteiger partial charge < -0.3 is 10.1 Å². The first kappa shape index (κ1) is 6.60. The van der Waals surface area contributed by atoms with E-state index in [0.29, 0.717) is 13.0 Å². The molecule has 5 heteroatoms. The Bertz CT molecular complexity index is 220. The van der Waals surface area contributed by atoms with Crippen molar-refractivity contribution in [1.82, 2.24) is 10.6 Å². The second-order valence-electron chi connectivity index (χ2n) is 2.76. The zero-order chi connectivity index (χ0) is 7.90. The van der Waals surface area contributed by atoms with E-state index in [1.165, 1.54) is 0 Å². The molecule has 0 radical (unpaired) electrons. The van der Waals surface area contributed by atoms with Crippen molar-refractivity contribution >= 4 is 12.0 Å². The van der Waals surface area contributed by atoms with E-state index in [1.54, 1.807) is 0 Å². The van der Waals surface area contributed by atoms with E-state index in [4.69, 9.17) is 4.74 Å². The van der Waals surface area contributed by atoms with Crippen LogP contribution in [-0.4, -0.2) is 30.7 Å². The number of hydrogen-bond donors (Lipinski definition) is 2. The van der Waals surface area contributed by atoms with Crippen LogP contribution in [-0.2, 0) is 9.53 Å². The lowest BCUT2D eigenvalue weighted by atomic mass is 10.0. The zero-order valence-corrected chi connectivity index (χ0v) is 5.85. The molecule has 2 aliphatic rings. The maximum absolute atomic E-state index is 11.1. The summed E-state index contributed by atoms with van der Waals surface area (Å²) in [6, 6.07) is 0. The molecule has 2 fully saturated rings. The van der Waals surface area contributed by atoms with Crippen LogP contribution >= 0.6 is 0 Å². The standard InChI is InChI=1S/C6H8N2O3/c9-4-6(1-2-7-3-6)11-5(10)8-4/h7H,1-3H2,(H,8,9,10). The zero-order valence-electron chi connectivity index (χ0n) is 5.85. The number of hydrogen-bond acceptors (Lipinski definition) is 4. The number of nitrogens with one attached hydrogen (secondary N) is 2. The van der Waals surface area contributed by atoms with E-state index in [2.05, 4.69) is 10.6 Å². The Hall–Kier alpha value is -1.10. The third kappa shape index (κ3) is 0.808. The summed E-state index contributed by atoms with van der Waals surface area (Å²) in [6.45, 7) is 1.16. The summed E-state index contributed by atoms with van der Waals surface area (Å²) in [5.74, 6) is -0.312. The van der Waals surface area contributed by atoms with Crippen molar-refractivity contribution in [2.45, 2.75) is 12.0 Å². The van der Waals surface area contributed by atoms with Gasteiger partial charge in [0, 0.05) is 13.0 Å². The van der Waals surface area contributed by atoms with Crippen molar-refractivity contribution in [3.8, 4) is 0 Å². The van der Waals surface area contributed by atoms with Crippen LogP contribution in [0.4, 0.5) is 4.79 Å². The first-order valence-corrected chi connectivity index (χ1v) is 3.48. The first-order valence-electron chi connectivity index (χ1n) is 3.48. The number of alkyl carbamates (subject to hydrolysis) is 1. The van der Waals surface area contributed by atoms with E-state index in [0.717, 1.165) is 6.54 Å². The minimum atomic E-state index is -0.892. The molecule has 0 saturated carbocycles. The Morgan fingerprint density at radius 3 is 2.73 bits per heavy atom. The van der Waals surface area contributed by atoms with Gasteiger partial charge in [-0.05, 0) is 6.54 Å². The molecule has 5 nitrogen and oxygen atoms in total. The molecule has 2 amide bonds. The summed E-state index contributed by atoms with van der Waals surface area (Å²) in [5.41, 5.74) is -0.892. The van der Waals surface area contributed by atoms with E-state index in [9.17, 15) is 9.59 Å². The summed E-state index contributed by atoms with van der Waals surface area (Å²) < 4.78 is 4.86. The average Bonchev–Trinajstić information content (AvgIpc) is 2.45. The van der Waals surface area contributed by atoms with Crippen LogP contribution < -0.4 is 10.6 Å². The summed E-state index contributed by atoms with van der Waals surface area (Å²) in [4.78, 5) is 21.7. The lowest BCUT2D eigenvalue weighted by molar-refractivity contribution is -0.129. The lowest BCUT2D eigenvalue weighted by Crippen LogP contribution is -2.40. The highest BCUT2D eigenvalue weighted by Gasteiger charge is 2.50. The third-order valence-corrected chi connectivity index (χ3v) is 2.03. The fourth-order valence-corrected chi connectivity index (χ4v) is 1.41. The molecule has 0 aromatic heterocycles. The topological polar surface area (TPSA) is 67.4 Å². The van der Waals surface area contributed by atoms with Gasteiger partial charge in [-0.25, -0.2) is 4.79 Å². The Morgan fingerprint density at radius 2 is 2.27 bits per heavy atom. The summed E-state index contributed by atoms with van der Waals surface area (Å²) in [6.07, 6.45) is -0.0522. The van der Waals surface area contributed by atoms with Crippen LogP contribution in [0.3, 0.4) is 0 Å². The van der Waals surface area contributed by atoms with Gasteiger partial charge in [-0.2, -0.15) is 0 Å². The molecule has 2 aliphatic heterocycles. The van der Waals surface area contributed by atoms with Crippen LogP contribution in [0, 0.1) is 0 Å². The predicted octanol–water partition coefficient (Wildman–Crippen LogP) is -1.02. The molecule has 0 aliphatic carbocycles. The van der Waals surface area contributed by atoms with Gasteiger partial charge in [-0.1, -0.05) is 0 Å². The number of amides is 2. The smallest absolute Gasteiger partial charge is 0.415 e. The molecule has 60 valence electrons. The van der Waals surface area contributed by atoms with Crippen molar-refractivity contribution in [3.63, 3.8) is 0 Å². The van der Waals surface area contributed by atoms with Gasteiger partial charge in [0.15, 0.2) is 0 Å². The van der Waals surface area contributed by atoms with Crippen molar-refractivity contribution in [2.75, 3.05) is 13.1 Å². The average molecular weight is 156 g/mol. The second-order valence-corrected chi connectivity index (χ2v) is 2.76. The van der Waals surface area contributed by atoms with Crippen LogP contribution in [0.1, 0.15) is 6.42 Å². The highest BCUT2D eigenvalue weighted by Crippen LogP contribution is 2.24. The van der Waals surface area contributed by atoms with Crippen LogP contribution in [0.15, 0.2) is 0 Å². The molecule has 0 bridgehead atoms. The van der Waals surface area contributed by atoms with Gasteiger partial charge in [-0.15, -0.1) is 0 Å². The Labute approximate surface area is 63.1 Å². The van der Waals surface area contributed by atoms with Crippen LogP contribution in [0.2, 0.25) is 0 Å². The molecule has 11 heavy (non-hydrogen) atoms. The molecule has 0 aromatic carbocycles. The molecule has 1 unspecified atom stereocenters. The van der Waals surface area contributed by atoms with E-state index >= 15 is 0 Å². The number of ether oxygens (including phenoxy) is 1. The first-order chi connectivity index (χ1) is 5.23. The van der Waals surface area contributed by atoms with Gasteiger partial charge in [0.1, 0.15) is 0 Å². The summed E-state index contributed by atoms with van der Waals surface area (Å²) in [5, 5.41) is 5.08. The molecule has 2 rings (SSSR count). The Kier molecular flexibility index (Phi) is 1.17. The molecule has 2 N–H and O–H groups in total. The Balaban J connectivity index is 2.24. The number of carbonyl (C=O) groups is 2. The molecule has 0 aromatic rings. The largest absolute Gasteiger partial charge is 0.431 e. The monoisotopic (exact) mass is 156 g/mol. The lowest BCUT2D eigenvalue weighted by Gasteiger charge is -2.15. The molecule has 1 atom stereocenters. The second kappa shape index (κ2) is 1.94. The summed E-state index contributed by atoms with van der Waals surface area (Å²) >= 11 is 0. The van der Waals surface area contributed by atoms with E-state index in [-0.39, 0.29) is 5.91 Å². The molecule has 2 saturated heterocycles. The fraction of sp³-hybridized carbons (Fsp3) is 0.667. The predicted molar refractivity (Wildman–Crippen MR) is 34.8 cm³/mol. The van der Waals surface area contributed by atoms with Crippen molar-refractivity contribution in [3.05, 3.63) is 0 Å². The summed E-state index contributed by atoms with van der Waals surface area (Å²) in [7, 11) is 0. The van der Waals surface area contributed by atoms with Gasteiger partial charge >= 0.3 is 6.09 Å². The van der Waals surface area contributed by atoms with Gasteiger partial charge in [0.25, 0.3) is 5.91 Å². The number of carbonyl (C=O) groups excluding carboxylic acids is 2. The normalized spacial score (nSPS) is 36.0. The quantitative estimate of drug-likeness (QED) is 0.471. The van der Waals surface area contributed by atoms with Crippen LogP contribution in [0.5, 0.6) is 0 Å². The van der Waals surface area contributed by atoms with Crippen molar-refractivity contribution < 1.29 is 14.3 Å². The van der Waals surface area contributed by atoms with Crippen molar-refractivity contribution in [2.24, 2.45) is 0 Å². The number of rotatable bonds is 0. The number of imide groups is 1. The fourth-order valence-electron chi connectivity index (χ4n) is 1.41. The molecule has 2 heterocycles. The van der Waals surface area contributed by atoms with Crippen LogP contribution in [0.25, 0.3) is 0 Å². The Morgan fingerprint density at radius 1 is 1.45 bits per heavy atom. The SMILES string of the molecule is O=C1NC(=O)C2(CCNC2)O1. The molecular formula is C6H8N2O3. The highest BCUT2D eigenvalue weighted by molar-refractivity contribution is 6.03. The van der Waals surface area contributed by atoms with E-state index < -0.39 is 11.7 Å². The maximum atomic E-state index is 11.1. The minimum Gasteiger partial charge on any atom is -0.431 e. The third-order valence-electron chi connectivity index (χ3n) is 2.03. The molecular weight excluding hydrogens is 148 g/mol. The maximum Gasteiger partial charge on any atom is 0.415 e. The van der Waals surface area contributed by atoms with Crippen molar-refractivity contribution in [1.29, 1.82) is 0 Å².